The zero-order chi connectivity index (χ0) is 25.0. The van der Waals surface area contributed by atoms with E-state index in [1.54, 1.807) is 35.4 Å². The summed E-state index contributed by atoms with van der Waals surface area (Å²) in [5.41, 5.74) is 1.58. The number of nitrogens with zero attached hydrogens (tertiary/aromatic N) is 2. The van der Waals surface area contributed by atoms with Crippen LogP contribution in [0.25, 0.3) is 11.3 Å². The highest BCUT2D eigenvalue weighted by Crippen LogP contribution is 2.48. The highest BCUT2D eigenvalue weighted by Gasteiger charge is 2.61. The average Bonchev–Trinajstić information content (AvgIpc) is 3.56. The van der Waals surface area contributed by atoms with Crippen molar-refractivity contribution in [3.8, 4) is 11.3 Å². The molecule has 0 aliphatic carbocycles. The van der Waals surface area contributed by atoms with E-state index in [9.17, 15) is 14.0 Å². The number of furan rings is 1. The van der Waals surface area contributed by atoms with E-state index >= 15 is 0 Å². The van der Waals surface area contributed by atoms with Crippen molar-refractivity contribution in [2.24, 2.45) is 5.92 Å². The number of imide groups is 1. The topological polar surface area (TPSA) is 63.0 Å². The van der Waals surface area contributed by atoms with Gasteiger partial charge in [-0.05, 0) is 66.7 Å². The van der Waals surface area contributed by atoms with Crippen LogP contribution in [0.5, 0.6) is 0 Å². The molecule has 6 nitrogen and oxygen atoms in total. The van der Waals surface area contributed by atoms with Crippen molar-refractivity contribution < 1.29 is 23.2 Å². The molecule has 0 N–H and O–H groups in total. The molecule has 180 valence electrons. The Morgan fingerprint density at radius 3 is 2.28 bits per heavy atom. The Hall–Kier alpha value is -3.65. The molecule has 2 aliphatic rings. The first-order chi connectivity index (χ1) is 17.4. The molecule has 0 bridgehead atoms. The minimum absolute atomic E-state index is 0.280. The number of halogens is 3. The van der Waals surface area contributed by atoms with Crippen molar-refractivity contribution in [1.29, 1.82) is 0 Å². The number of rotatable bonds is 4. The number of para-hydroxylation sites is 1. The van der Waals surface area contributed by atoms with Gasteiger partial charge < -0.3 is 4.42 Å². The van der Waals surface area contributed by atoms with Crippen molar-refractivity contribution in [2.45, 2.75) is 12.1 Å². The third-order valence-corrected chi connectivity index (χ3v) is 6.87. The van der Waals surface area contributed by atoms with Crippen LogP contribution in [0.1, 0.15) is 11.8 Å². The van der Waals surface area contributed by atoms with Gasteiger partial charge in [0.25, 0.3) is 5.91 Å². The van der Waals surface area contributed by atoms with Crippen molar-refractivity contribution in [2.75, 3.05) is 9.96 Å². The van der Waals surface area contributed by atoms with Gasteiger partial charge in [-0.3, -0.25) is 14.4 Å². The lowest BCUT2D eigenvalue weighted by Gasteiger charge is -2.27. The molecule has 3 heterocycles. The van der Waals surface area contributed by atoms with Crippen LogP contribution in [0.3, 0.4) is 0 Å². The molecule has 3 aromatic carbocycles. The van der Waals surface area contributed by atoms with E-state index in [2.05, 4.69) is 0 Å². The fraction of sp³-hybridized carbons (Fsp3) is 0.111. The summed E-state index contributed by atoms with van der Waals surface area (Å²) in [5, 5.41) is 2.45. The van der Waals surface area contributed by atoms with Crippen LogP contribution in [0, 0.1) is 11.7 Å². The molecular weight excluding hydrogens is 506 g/mol. The Kier molecular flexibility index (Phi) is 5.56. The highest BCUT2D eigenvalue weighted by molar-refractivity contribution is 6.36. The summed E-state index contributed by atoms with van der Waals surface area (Å²) in [6.07, 6.45) is -1.07. The zero-order valence-corrected chi connectivity index (χ0v) is 20.0. The molecule has 2 saturated heterocycles. The first-order valence-electron chi connectivity index (χ1n) is 11.1. The van der Waals surface area contributed by atoms with Gasteiger partial charge >= 0.3 is 0 Å². The average molecular weight is 523 g/mol. The number of hydroxylamine groups is 1. The molecule has 9 heteroatoms. The van der Waals surface area contributed by atoms with Gasteiger partial charge in [0.2, 0.25) is 5.91 Å². The smallest absolute Gasteiger partial charge is 0.266 e. The van der Waals surface area contributed by atoms with Crippen molar-refractivity contribution in [3.05, 3.63) is 107 Å². The van der Waals surface area contributed by atoms with E-state index in [0.717, 1.165) is 4.90 Å². The van der Waals surface area contributed by atoms with Crippen molar-refractivity contribution in [1.82, 2.24) is 0 Å². The number of fused-ring (bicyclic) bond motifs is 1. The van der Waals surface area contributed by atoms with Crippen LogP contribution in [0.4, 0.5) is 15.8 Å². The third kappa shape index (κ3) is 3.67. The third-order valence-electron chi connectivity index (χ3n) is 6.33. The normalized spacial score (nSPS) is 21.4. The Morgan fingerprint density at radius 2 is 1.56 bits per heavy atom. The quantitative estimate of drug-likeness (QED) is 0.288. The fourth-order valence-electron chi connectivity index (χ4n) is 4.69. The van der Waals surface area contributed by atoms with Crippen molar-refractivity contribution in [3.63, 3.8) is 0 Å². The van der Waals surface area contributed by atoms with E-state index in [1.165, 1.54) is 24.3 Å². The first-order valence-corrected chi connectivity index (χ1v) is 11.9. The standard InChI is InChI=1S/C27H17Cl2FN2O4/c28-15-6-11-19(20(29)14-15)21-12-13-22(35-21)24-23-25(36-32(24)18-4-2-1-3-5-18)27(34)31(26(23)33)17-9-7-16(30)8-10-17/h1-14,23-25H/t23-,24-,25+/m0/s1. The summed E-state index contributed by atoms with van der Waals surface area (Å²) >= 11 is 12.4. The van der Waals surface area contributed by atoms with Gasteiger partial charge in [0.15, 0.2) is 6.10 Å². The van der Waals surface area contributed by atoms with Gasteiger partial charge in [0.05, 0.1) is 16.4 Å². The summed E-state index contributed by atoms with van der Waals surface area (Å²) in [5.74, 6) is -1.42. The van der Waals surface area contributed by atoms with Gasteiger partial charge in [-0.15, -0.1) is 0 Å². The molecule has 2 amide bonds. The Balaban J connectivity index is 1.42. The molecule has 0 spiro atoms. The minimum atomic E-state index is -1.07. The van der Waals surface area contributed by atoms with Crippen LogP contribution in [-0.2, 0) is 14.4 Å². The number of amides is 2. The maximum atomic E-state index is 13.6. The van der Waals surface area contributed by atoms with Gasteiger partial charge in [0, 0.05) is 10.6 Å². The van der Waals surface area contributed by atoms with Gasteiger partial charge in [0.1, 0.15) is 29.3 Å². The van der Waals surface area contributed by atoms with Gasteiger partial charge in [-0.1, -0.05) is 41.4 Å². The lowest BCUT2D eigenvalue weighted by atomic mass is 9.94. The molecule has 6 rings (SSSR count). The number of anilines is 2. The second-order valence-electron chi connectivity index (χ2n) is 8.47. The fourth-order valence-corrected chi connectivity index (χ4v) is 5.19. The van der Waals surface area contributed by atoms with E-state index in [-0.39, 0.29) is 5.69 Å². The Bertz CT molecular complexity index is 1470. The molecule has 0 radical (unpaired) electrons. The second kappa shape index (κ2) is 8.78. The Labute approximate surface area is 215 Å². The van der Waals surface area contributed by atoms with E-state index in [0.29, 0.717) is 32.8 Å². The lowest BCUT2D eigenvalue weighted by molar-refractivity contribution is -0.126. The number of benzene rings is 3. The van der Waals surface area contributed by atoms with Crippen molar-refractivity contribution >= 4 is 46.4 Å². The molecule has 2 aliphatic heterocycles. The largest absolute Gasteiger partial charge is 0.459 e. The lowest BCUT2D eigenvalue weighted by Crippen LogP contribution is -2.37. The monoisotopic (exact) mass is 522 g/mol. The van der Waals surface area contributed by atoms with Gasteiger partial charge in [-0.25, -0.2) is 14.4 Å². The number of hydrogen-bond donors (Lipinski definition) is 0. The molecule has 0 saturated carbocycles. The molecule has 1 aromatic heterocycles. The van der Waals surface area contributed by atoms with E-state index in [4.69, 9.17) is 32.5 Å². The summed E-state index contributed by atoms with van der Waals surface area (Å²) in [4.78, 5) is 34.1. The van der Waals surface area contributed by atoms with Crippen LogP contribution < -0.4 is 9.96 Å². The minimum Gasteiger partial charge on any atom is -0.459 e. The van der Waals surface area contributed by atoms with Crippen LogP contribution in [0.15, 0.2) is 89.3 Å². The van der Waals surface area contributed by atoms with Gasteiger partial charge in [-0.2, -0.15) is 0 Å². The number of carbonyl (C=O) groups excluding carboxylic acids is 2. The number of hydrogen-bond acceptors (Lipinski definition) is 5. The summed E-state index contributed by atoms with van der Waals surface area (Å²) in [7, 11) is 0. The SMILES string of the molecule is O=C1[C@@H]2[C@@H](ON(c3ccccc3)[C@H]2c2ccc(-c3ccc(Cl)cc3Cl)o2)C(=O)N1c1ccc(F)cc1. The van der Waals surface area contributed by atoms with E-state index in [1.807, 2.05) is 30.3 Å². The molecular formula is C27H17Cl2FN2O4. The maximum Gasteiger partial charge on any atom is 0.266 e. The van der Waals surface area contributed by atoms with Crippen LogP contribution in [-0.4, -0.2) is 17.9 Å². The predicted molar refractivity (Wildman–Crippen MR) is 133 cm³/mol. The second-order valence-corrected chi connectivity index (χ2v) is 9.32. The Morgan fingerprint density at radius 1 is 0.806 bits per heavy atom. The van der Waals surface area contributed by atoms with Crippen LogP contribution in [0.2, 0.25) is 10.0 Å². The van der Waals surface area contributed by atoms with E-state index < -0.39 is 35.7 Å². The highest BCUT2D eigenvalue weighted by atomic mass is 35.5. The summed E-state index contributed by atoms with van der Waals surface area (Å²) in [6, 6.07) is 22.2. The summed E-state index contributed by atoms with van der Waals surface area (Å²) < 4.78 is 19.7. The molecule has 3 atom stereocenters. The first kappa shape index (κ1) is 22.8. The molecule has 36 heavy (non-hydrogen) atoms. The predicted octanol–water partition coefficient (Wildman–Crippen LogP) is 6.44. The van der Waals surface area contributed by atoms with Crippen LogP contribution >= 0.6 is 23.2 Å². The molecule has 4 aromatic rings. The molecule has 2 fully saturated rings. The zero-order valence-electron chi connectivity index (χ0n) is 18.5. The molecule has 0 unspecified atom stereocenters. The summed E-state index contributed by atoms with van der Waals surface area (Å²) in [6.45, 7) is 0. The maximum absolute atomic E-state index is 13.6. The number of carbonyl (C=O) groups is 2.